The van der Waals surface area contributed by atoms with E-state index in [1.54, 1.807) is 30.3 Å². The molecule has 1 aliphatic heterocycles. The van der Waals surface area contributed by atoms with Crippen LogP contribution >= 0.6 is 11.6 Å². The Morgan fingerprint density at radius 1 is 1.22 bits per heavy atom. The fourth-order valence-electron chi connectivity index (χ4n) is 2.91. The van der Waals surface area contributed by atoms with Crippen LogP contribution in [0.5, 0.6) is 0 Å². The number of rotatable bonds is 5. The van der Waals surface area contributed by atoms with Gasteiger partial charge in [-0.2, -0.15) is 4.31 Å². The van der Waals surface area contributed by atoms with Crippen molar-refractivity contribution in [1.29, 1.82) is 0 Å². The van der Waals surface area contributed by atoms with Gasteiger partial charge in [-0.3, -0.25) is 9.59 Å². The second-order valence-electron chi connectivity index (χ2n) is 6.13. The summed E-state index contributed by atoms with van der Waals surface area (Å²) >= 11 is 5.95. The number of halogens is 1. The predicted molar refractivity (Wildman–Crippen MR) is 100 cm³/mol. The van der Waals surface area contributed by atoms with Crippen molar-refractivity contribution in [2.24, 2.45) is 0 Å². The Balaban J connectivity index is 1.80. The fourth-order valence-corrected chi connectivity index (χ4v) is 4.58. The quantitative estimate of drug-likeness (QED) is 0.665. The molecule has 1 atom stereocenters. The summed E-state index contributed by atoms with van der Waals surface area (Å²) < 4.78 is 27.2. The predicted octanol–water partition coefficient (Wildman–Crippen LogP) is 0.657. The number of piperazine rings is 1. The summed E-state index contributed by atoms with van der Waals surface area (Å²) in [6.07, 6.45) is 0. The second kappa shape index (κ2) is 7.81. The highest BCUT2D eigenvalue weighted by Gasteiger charge is 2.33. The van der Waals surface area contributed by atoms with Gasteiger partial charge in [-0.25, -0.2) is 8.42 Å². The topological polar surface area (TPSA) is 116 Å². The Morgan fingerprint density at radius 2 is 1.93 bits per heavy atom. The molecule has 2 aromatic carbocycles. The van der Waals surface area contributed by atoms with Crippen LogP contribution in [0.2, 0.25) is 5.02 Å². The molecular weight excluding hydrogens is 394 g/mol. The number of sulfonamides is 1. The van der Waals surface area contributed by atoms with Gasteiger partial charge in [0.2, 0.25) is 15.9 Å². The first-order chi connectivity index (χ1) is 12.8. The number of carbonyl (C=O) groups is 2. The van der Waals surface area contributed by atoms with E-state index < -0.39 is 34.5 Å². The van der Waals surface area contributed by atoms with Crippen molar-refractivity contribution in [2.45, 2.75) is 10.9 Å². The lowest BCUT2D eigenvalue weighted by atomic mass is 10.1. The van der Waals surface area contributed by atoms with Crippen molar-refractivity contribution >= 4 is 44.3 Å². The third kappa shape index (κ3) is 4.38. The molecule has 0 aromatic heterocycles. The largest absolute Gasteiger partial charge is 0.480 e. The number of fused-ring (bicyclic) bond motifs is 1. The summed E-state index contributed by atoms with van der Waals surface area (Å²) in [5.41, 5.74) is 0. The Kier molecular flexibility index (Phi) is 5.66. The molecule has 0 aliphatic carbocycles. The van der Waals surface area contributed by atoms with Gasteiger partial charge in [0.15, 0.2) is 0 Å². The minimum Gasteiger partial charge on any atom is -0.480 e. The highest BCUT2D eigenvalue weighted by atomic mass is 35.5. The molecule has 0 saturated carbocycles. The molecule has 1 heterocycles. The molecule has 0 bridgehead atoms. The van der Waals surface area contributed by atoms with Crippen molar-refractivity contribution in [1.82, 2.24) is 14.9 Å². The molecule has 2 aromatic rings. The van der Waals surface area contributed by atoms with E-state index in [1.807, 2.05) is 0 Å². The zero-order valence-corrected chi connectivity index (χ0v) is 15.8. The van der Waals surface area contributed by atoms with Crippen molar-refractivity contribution in [2.75, 3.05) is 26.2 Å². The average Bonchev–Trinajstić information content (AvgIpc) is 2.65. The van der Waals surface area contributed by atoms with Crippen molar-refractivity contribution in [3.63, 3.8) is 0 Å². The number of carboxylic acids is 1. The summed E-state index contributed by atoms with van der Waals surface area (Å²) in [4.78, 5) is 22.7. The lowest BCUT2D eigenvalue weighted by Crippen LogP contribution is -2.58. The summed E-state index contributed by atoms with van der Waals surface area (Å²) in [6, 6.07) is 9.14. The zero-order valence-electron chi connectivity index (χ0n) is 14.2. The van der Waals surface area contributed by atoms with Gasteiger partial charge in [0.25, 0.3) is 0 Å². The molecule has 1 fully saturated rings. The summed E-state index contributed by atoms with van der Waals surface area (Å²) in [5.74, 6) is -1.72. The number of amides is 1. The molecule has 8 nitrogen and oxygen atoms in total. The number of hydrogen-bond donors (Lipinski definition) is 3. The molecule has 144 valence electrons. The van der Waals surface area contributed by atoms with Gasteiger partial charge in [-0.05, 0) is 35.0 Å². The molecule has 0 spiro atoms. The van der Waals surface area contributed by atoms with Gasteiger partial charge in [0, 0.05) is 24.7 Å². The van der Waals surface area contributed by atoms with Gasteiger partial charge in [0.05, 0.1) is 4.90 Å². The number of hydrogen-bond acceptors (Lipinski definition) is 5. The maximum Gasteiger partial charge on any atom is 0.322 e. The number of nitrogens with one attached hydrogen (secondary N) is 2. The zero-order chi connectivity index (χ0) is 19.6. The molecule has 3 N–H and O–H groups in total. The van der Waals surface area contributed by atoms with Crippen LogP contribution in [0.15, 0.2) is 41.3 Å². The van der Waals surface area contributed by atoms with Crippen LogP contribution in [0.4, 0.5) is 0 Å². The first kappa shape index (κ1) is 19.6. The number of nitrogens with zero attached hydrogens (tertiary/aromatic N) is 1. The lowest BCUT2D eigenvalue weighted by molar-refractivity contribution is -0.138. The minimum atomic E-state index is -3.80. The van der Waals surface area contributed by atoms with Crippen molar-refractivity contribution in [3.8, 4) is 0 Å². The van der Waals surface area contributed by atoms with E-state index in [9.17, 15) is 18.0 Å². The highest BCUT2D eigenvalue weighted by molar-refractivity contribution is 7.89. The molecule has 1 amide bonds. The molecule has 1 unspecified atom stereocenters. The third-order valence-electron chi connectivity index (χ3n) is 4.28. The van der Waals surface area contributed by atoms with Gasteiger partial charge >= 0.3 is 5.97 Å². The number of benzene rings is 2. The molecule has 27 heavy (non-hydrogen) atoms. The minimum absolute atomic E-state index is 0.0769. The Hall–Kier alpha value is -2.20. The summed E-state index contributed by atoms with van der Waals surface area (Å²) in [5, 5.41) is 15.9. The molecule has 0 radical (unpaired) electrons. The molecular formula is C17H18ClN3O5S. The maximum atomic E-state index is 13.0. The third-order valence-corrected chi connectivity index (χ3v) is 6.38. The monoisotopic (exact) mass is 411 g/mol. The summed E-state index contributed by atoms with van der Waals surface area (Å²) in [7, 11) is -3.80. The van der Waals surface area contributed by atoms with Gasteiger partial charge < -0.3 is 15.7 Å². The Morgan fingerprint density at radius 3 is 2.67 bits per heavy atom. The molecule has 1 aliphatic rings. The van der Waals surface area contributed by atoms with Gasteiger partial charge in [-0.15, -0.1) is 0 Å². The standard InChI is InChI=1S/C17H18ClN3O5S/c18-13-3-1-12-8-14(4-2-11(12)7-13)27(25,26)21-6-5-19-15(10-21)17(24)20-9-16(22)23/h1-4,7-8,15,19H,5-6,9-10H2,(H,20,24)(H,22,23). The van der Waals surface area contributed by atoms with E-state index in [0.29, 0.717) is 5.02 Å². The Bertz CT molecular complexity index is 995. The van der Waals surface area contributed by atoms with Crippen LogP contribution in [0.3, 0.4) is 0 Å². The molecule has 3 rings (SSSR count). The van der Waals surface area contributed by atoms with E-state index in [0.717, 1.165) is 10.8 Å². The van der Waals surface area contributed by atoms with E-state index >= 15 is 0 Å². The lowest BCUT2D eigenvalue weighted by Gasteiger charge is -2.32. The fraction of sp³-hybridized carbons (Fsp3) is 0.294. The van der Waals surface area contributed by atoms with Crippen molar-refractivity contribution in [3.05, 3.63) is 41.4 Å². The first-order valence-corrected chi connectivity index (χ1v) is 10.0. The number of carboxylic acid groups (broad SMARTS) is 1. The normalized spacial score (nSPS) is 18.3. The molecule has 1 saturated heterocycles. The van der Waals surface area contributed by atoms with Crippen molar-refractivity contribution < 1.29 is 23.1 Å². The first-order valence-electron chi connectivity index (χ1n) is 8.20. The van der Waals surface area contributed by atoms with E-state index in [2.05, 4.69) is 10.6 Å². The van der Waals surface area contributed by atoms with Gasteiger partial charge in [0.1, 0.15) is 12.6 Å². The van der Waals surface area contributed by atoms with Crippen LogP contribution < -0.4 is 10.6 Å². The van der Waals surface area contributed by atoms with Crippen LogP contribution in [-0.2, 0) is 19.6 Å². The summed E-state index contributed by atoms with van der Waals surface area (Å²) in [6.45, 7) is -0.0965. The second-order valence-corrected chi connectivity index (χ2v) is 8.51. The van der Waals surface area contributed by atoms with Crippen LogP contribution in [0, 0.1) is 0 Å². The van der Waals surface area contributed by atoms with Crippen LogP contribution in [0.1, 0.15) is 0 Å². The van der Waals surface area contributed by atoms with E-state index in [4.69, 9.17) is 16.7 Å². The smallest absolute Gasteiger partial charge is 0.322 e. The number of aliphatic carboxylic acids is 1. The van der Waals surface area contributed by atoms with Crippen LogP contribution in [0.25, 0.3) is 10.8 Å². The number of carbonyl (C=O) groups excluding carboxylic acids is 1. The molecule has 10 heteroatoms. The van der Waals surface area contributed by atoms with E-state index in [1.165, 1.54) is 10.4 Å². The van der Waals surface area contributed by atoms with Gasteiger partial charge in [-0.1, -0.05) is 23.7 Å². The van der Waals surface area contributed by atoms with E-state index in [-0.39, 0.29) is 24.5 Å². The Labute approximate surface area is 161 Å². The van der Waals surface area contributed by atoms with Crippen LogP contribution in [-0.4, -0.2) is 61.9 Å². The average molecular weight is 412 g/mol. The SMILES string of the molecule is O=C(O)CNC(=O)C1CN(S(=O)(=O)c2ccc3cc(Cl)ccc3c2)CCN1. The highest BCUT2D eigenvalue weighted by Crippen LogP contribution is 2.25. The maximum absolute atomic E-state index is 13.0.